The Hall–Kier alpha value is -3.18. The van der Waals surface area contributed by atoms with E-state index >= 15 is 0 Å². The molecule has 0 aliphatic heterocycles. The molecule has 3 rings (SSSR count). The molecule has 1 aromatic heterocycles. The van der Waals surface area contributed by atoms with Crippen molar-refractivity contribution < 1.29 is 14.3 Å². The maximum Gasteiger partial charge on any atom is 0.259 e. The van der Waals surface area contributed by atoms with Crippen LogP contribution in [0.15, 0.2) is 79.1 Å². The lowest BCUT2D eigenvalue weighted by Gasteiger charge is -2.21. The molecule has 1 heterocycles. The number of amides is 1. The zero-order valence-electron chi connectivity index (χ0n) is 17.3. The minimum atomic E-state index is -0.583. The Morgan fingerprint density at radius 3 is 2.53 bits per heavy atom. The number of pyridine rings is 1. The fourth-order valence-electron chi connectivity index (χ4n) is 3.04. The zero-order valence-corrected chi connectivity index (χ0v) is 17.3. The Morgan fingerprint density at radius 2 is 1.77 bits per heavy atom. The fourth-order valence-corrected chi connectivity index (χ4v) is 3.04. The number of aromatic nitrogens is 1. The first-order valence-corrected chi connectivity index (χ1v) is 10.4. The van der Waals surface area contributed by atoms with Gasteiger partial charge in [0.2, 0.25) is 6.29 Å². The largest absolute Gasteiger partial charge is 0.460 e. The molecule has 0 radical (unpaired) electrons. The lowest BCUT2D eigenvalue weighted by Crippen LogP contribution is -2.17. The van der Waals surface area contributed by atoms with Gasteiger partial charge in [0.15, 0.2) is 0 Å². The van der Waals surface area contributed by atoms with E-state index in [0.29, 0.717) is 23.6 Å². The summed E-state index contributed by atoms with van der Waals surface area (Å²) in [6.07, 6.45) is 7.16. The number of carbonyl (C=O) groups excluding carboxylic acids is 1. The van der Waals surface area contributed by atoms with Gasteiger partial charge >= 0.3 is 0 Å². The first kappa shape index (κ1) is 21.5. The molecule has 1 amide bonds. The van der Waals surface area contributed by atoms with E-state index in [2.05, 4.69) is 17.2 Å². The third kappa shape index (κ3) is 6.42. The van der Waals surface area contributed by atoms with E-state index in [-0.39, 0.29) is 5.91 Å². The summed E-state index contributed by atoms with van der Waals surface area (Å²) in [6, 6.07) is 20.5. The van der Waals surface area contributed by atoms with Gasteiger partial charge in [0.1, 0.15) is 5.75 Å². The molecule has 0 fully saturated rings. The van der Waals surface area contributed by atoms with Crippen LogP contribution in [0.25, 0.3) is 0 Å². The van der Waals surface area contributed by atoms with E-state index in [1.807, 2.05) is 42.5 Å². The van der Waals surface area contributed by atoms with Gasteiger partial charge in [-0.15, -0.1) is 0 Å². The monoisotopic (exact) mass is 404 g/mol. The minimum Gasteiger partial charge on any atom is -0.460 e. The highest BCUT2D eigenvalue weighted by atomic mass is 16.7. The van der Waals surface area contributed by atoms with Crippen molar-refractivity contribution in [3.05, 3.63) is 90.3 Å². The Labute approximate surface area is 178 Å². The third-order valence-corrected chi connectivity index (χ3v) is 4.62. The molecular weight excluding hydrogens is 376 g/mol. The van der Waals surface area contributed by atoms with Crippen molar-refractivity contribution in [2.24, 2.45) is 0 Å². The van der Waals surface area contributed by atoms with Crippen LogP contribution in [0, 0.1) is 0 Å². The molecule has 5 heteroatoms. The molecule has 0 saturated carbocycles. The number of benzene rings is 2. The lowest BCUT2D eigenvalue weighted by molar-refractivity contribution is -0.0848. The normalized spacial score (nSPS) is 11.6. The predicted molar refractivity (Wildman–Crippen MR) is 119 cm³/mol. The third-order valence-electron chi connectivity index (χ3n) is 4.62. The number of ether oxygens (including phenoxy) is 2. The van der Waals surface area contributed by atoms with E-state index in [0.717, 1.165) is 18.4 Å². The number of nitrogens with zero attached hydrogens (tertiary/aromatic N) is 1. The average Bonchev–Trinajstić information content (AvgIpc) is 2.79. The van der Waals surface area contributed by atoms with Crippen LogP contribution in [0.3, 0.4) is 0 Å². The highest BCUT2D eigenvalue weighted by molar-refractivity contribution is 6.06. The van der Waals surface area contributed by atoms with Crippen molar-refractivity contribution in [2.75, 3.05) is 11.9 Å². The Morgan fingerprint density at radius 1 is 0.967 bits per heavy atom. The Kier molecular flexibility index (Phi) is 8.42. The molecule has 156 valence electrons. The summed E-state index contributed by atoms with van der Waals surface area (Å²) in [5.41, 5.74) is 1.98. The maximum atomic E-state index is 12.8. The van der Waals surface area contributed by atoms with Gasteiger partial charge in [-0.05, 0) is 30.7 Å². The Balaban J connectivity index is 1.74. The van der Waals surface area contributed by atoms with Crippen LogP contribution in [0.4, 0.5) is 5.69 Å². The molecule has 30 heavy (non-hydrogen) atoms. The molecule has 5 nitrogen and oxygen atoms in total. The summed E-state index contributed by atoms with van der Waals surface area (Å²) in [5.74, 6) is 0.217. The van der Waals surface area contributed by atoms with Gasteiger partial charge in [-0.1, -0.05) is 68.7 Å². The Bertz CT molecular complexity index is 901. The van der Waals surface area contributed by atoms with E-state index in [4.69, 9.17) is 9.47 Å². The number of rotatable bonds is 11. The standard InChI is InChI=1S/C25H28N2O3/c1-2-3-4-10-18-29-25(20-12-6-5-7-13-20)30-23-16-9-8-15-22(23)24(28)27-21-14-11-17-26-19-21/h5-9,11-17,19,25H,2-4,10,18H2,1H3,(H,27,28). The summed E-state index contributed by atoms with van der Waals surface area (Å²) in [5, 5.41) is 2.86. The van der Waals surface area contributed by atoms with Gasteiger partial charge < -0.3 is 14.8 Å². The summed E-state index contributed by atoms with van der Waals surface area (Å²) in [6.45, 7) is 2.79. The van der Waals surface area contributed by atoms with Crippen molar-refractivity contribution in [2.45, 2.75) is 38.9 Å². The van der Waals surface area contributed by atoms with Crippen molar-refractivity contribution in [3.63, 3.8) is 0 Å². The molecule has 3 aromatic rings. The number of carbonyl (C=O) groups is 1. The average molecular weight is 405 g/mol. The van der Waals surface area contributed by atoms with E-state index in [9.17, 15) is 4.79 Å². The van der Waals surface area contributed by atoms with Crippen LogP contribution in [0.5, 0.6) is 5.75 Å². The van der Waals surface area contributed by atoms with Gasteiger partial charge in [-0.3, -0.25) is 9.78 Å². The minimum absolute atomic E-state index is 0.256. The number of para-hydroxylation sites is 1. The van der Waals surface area contributed by atoms with Gasteiger partial charge in [0, 0.05) is 11.8 Å². The van der Waals surface area contributed by atoms with Crippen molar-refractivity contribution in [3.8, 4) is 5.75 Å². The quantitative estimate of drug-likeness (QED) is 0.314. The zero-order chi connectivity index (χ0) is 21.0. The second kappa shape index (κ2) is 11.7. The number of nitrogens with one attached hydrogen (secondary N) is 1. The first-order valence-electron chi connectivity index (χ1n) is 10.4. The number of hydrogen-bond donors (Lipinski definition) is 1. The van der Waals surface area contributed by atoms with Crippen LogP contribution in [-0.2, 0) is 4.74 Å². The molecule has 0 aliphatic carbocycles. The van der Waals surface area contributed by atoms with Crippen molar-refractivity contribution in [1.82, 2.24) is 4.98 Å². The van der Waals surface area contributed by atoms with Crippen LogP contribution in [0.1, 0.15) is 54.8 Å². The number of unbranched alkanes of at least 4 members (excludes halogenated alkanes) is 3. The summed E-state index contributed by atoms with van der Waals surface area (Å²) in [7, 11) is 0. The predicted octanol–water partition coefficient (Wildman–Crippen LogP) is 6.01. The fraction of sp³-hybridized carbons (Fsp3) is 0.280. The molecular formula is C25H28N2O3. The molecule has 1 N–H and O–H groups in total. The molecule has 0 saturated heterocycles. The first-order chi connectivity index (χ1) is 14.8. The topological polar surface area (TPSA) is 60.5 Å². The van der Waals surface area contributed by atoms with Crippen LogP contribution >= 0.6 is 0 Å². The highest BCUT2D eigenvalue weighted by Crippen LogP contribution is 2.27. The SMILES string of the molecule is CCCCCCOC(Oc1ccccc1C(=O)Nc1cccnc1)c1ccccc1. The van der Waals surface area contributed by atoms with Gasteiger partial charge in [-0.2, -0.15) is 0 Å². The lowest BCUT2D eigenvalue weighted by atomic mass is 10.1. The van der Waals surface area contributed by atoms with E-state index in [1.54, 1.807) is 36.7 Å². The summed E-state index contributed by atoms with van der Waals surface area (Å²) in [4.78, 5) is 16.9. The molecule has 0 aliphatic rings. The second-order valence-electron chi connectivity index (χ2n) is 6.98. The van der Waals surface area contributed by atoms with Gasteiger partial charge in [-0.25, -0.2) is 0 Å². The highest BCUT2D eigenvalue weighted by Gasteiger charge is 2.19. The molecule has 1 unspecified atom stereocenters. The van der Waals surface area contributed by atoms with Crippen LogP contribution in [-0.4, -0.2) is 17.5 Å². The van der Waals surface area contributed by atoms with Crippen molar-refractivity contribution in [1.29, 1.82) is 0 Å². The van der Waals surface area contributed by atoms with E-state index in [1.165, 1.54) is 12.8 Å². The van der Waals surface area contributed by atoms with Crippen LogP contribution in [0.2, 0.25) is 0 Å². The molecule has 0 bridgehead atoms. The summed E-state index contributed by atoms with van der Waals surface area (Å²) >= 11 is 0. The van der Waals surface area contributed by atoms with Crippen LogP contribution < -0.4 is 10.1 Å². The summed E-state index contributed by atoms with van der Waals surface area (Å²) < 4.78 is 12.3. The van der Waals surface area contributed by atoms with Gasteiger partial charge in [0.05, 0.1) is 24.1 Å². The second-order valence-corrected chi connectivity index (χ2v) is 6.98. The molecule has 0 spiro atoms. The van der Waals surface area contributed by atoms with Gasteiger partial charge in [0.25, 0.3) is 5.91 Å². The number of anilines is 1. The number of hydrogen-bond acceptors (Lipinski definition) is 4. The van der Waals surface area contributed by atoms with E-state index < -0.39 is 6.29 Å². The maximum absolute atomic E-state index is 12.8. The van der Waals surface area contributed by atoms with Crippen molar-refractivity contribution >= 4 is 11.6 Å². The smallest absolute Gasteiger partial charge is 0.259 e. The molecule has 1 atom stereocenters. The molecule has 2 aromatic carbocycles.